The average Bonchev–Trinajstić information content (AvgIpc) is 3.01. The summed E-state index contributed by atoms with van der Waals surface area (Å²) in [6, 6.07) is 7.55. The molecule has 1 aromatic carbocycles. The van der Waals surface area contributed by atoms with Gasteiger partial charge in [-0.3, -0.25) is 9.59 Å². The van der Waals surface area contributed by atoms with Crippen molar-refractivity contribution < 1.29 is 18.0 Å². The summed E-state index contributed by atoms with van der Waals surface area (Å²) >= 11 is 0. The highest BCUT2D eigenvalue weighted by Gasteiger charge is 2.34. The van der Waals surface area contributed by atoms with Crippen molar-refractivity contribution in [3.63, 3.8) is 0 Å². The second-order valence-electron chi connectivity index (χ2n) is 8.13. The first-order valence-corrected chi connectivity index (χ1v) is 9.45. The topological polar surface area (TPSA) is 81.8 Å². The van der Waals surface area contributed by atoms with Gasteiger partial charge in [-0.2, -0.15) is 23.4 Å². The zero-order valence-corrected chi connectivity index (χ0v) is 17.7. The van der Waals surface area contributed by atoms with Gasteiger partial charge in [0.15, 0.2) is 5.69 Å². The second kappa shape index (κ2) is 7.68. The van der Waals surface area contributed by atoms with Gasteiger partial charge in [-0.15, -0.1) is 0 Å². The smallest absolute Gasteiger partial charge is 0.305 e. The number of carbonyl (C=O) groups is 1. The van der Waals surface area contributed by atoms with Crippen molar-refractivity contribution in [2.24, 2.45) is 0 Å². The van der Waals surface area contributed by atoms with E-state index in [1.165, 1.54) is 25.1 Å². The van der Waals surface area contributed by atoms with Crippen LogP contribution in [0.4, 0.5) is 19.0 Å². The third-order valence-corrected chi connectivity index (χ3v) is 4.47. The predicted octanol–water partition coefficient (Wildman–Crippen LogP) is 4.07. The third kappa shape index (κ3) is 4.52. The summed E-state index contributed by atoms with van der Waals surface area (Å²) in [5.41, 5.74) is -2.08. The SMILES string of the molecule is Cc1cc(NC(=O)c2nn(-c3ccccc3C(F)(F)F)c(C)cc2=O)n(C(C)(C)C)n1. The van der Waals surface area contributed by atoms with Crippen LogP contribution >= 0.6 is 0 Å². The molecule has 0 aliphatic rings. The number of nitrogens with one attached hydrogen (secondary N) is 1. The molecule has 0 saturated carbocycles. The lowest BCUT2D eigenvalue weighted by Crippen LogP contribution is -2.30. The van der Waals surface area contributed by atoms with Crippen molar-refractivity contribution in [3.05, 3.63) is 69.3 Å². The highest BCUT2D eigenvalue weighted by Crippen LogP contribution is 2.33. The molecular formula is C21H22F3N5O2. The summed E-state index contributed by atoms with van der Waals surface area (Å²) in [6.07, 6.45) is -4.63. The summed E-state index contributed by atoms with van der Waals surface area (Å²) in [5, 5.41) is 10.9. The molecule has 0 aliphatic carbocycles. The molecule has 2 aromatic heterocycles. The number of halogens is 3. The van der Waals surface area contributed by atoms with Crippen LogP contribution in [0, 0.1) is 13.8 Å². The van der Waals surface area contributed by atoms with E-state index in [1.54, 1.807) is 17.7 Å². The highest BCUT2D eigenvalue weighted by molar-refractivity contribution is 6.02. The summed E-state index contributed by atoms with van der Waals surface area (Å²) in [6.45, 7) is 8.87. The van der Waals surface area contributed by atoms with Gasteiger partial charge in [-0.25, -0.2) is 9.36 Å². The van der Waals surface area contributed by atoms with E-state index in [4.69, 9.17) is 0 Å². The molecule has 0 aliphatic heterocycles. The molecular weight excluding hydrogens is 411 g/mol. The van der Waals surface area contributed by atoms with Gasteiger partial charge < -0.3 is 5.32 Å². The largest absolute Gasteiger partial charge is 0.418 e. The number of rotatable bonds is 3. The zero-order chi connectivity index (χ0) is 23.1. The van der Waals surface area contributed by atoms with E-state index in [0.717, 1.165) is 16.8 Å². The standard InChI is InChI=1S/C21H22F3N5O2/c1-12-10-17(29(26-12)20(3,4)5)25-19(31)18-16(30)11-13(2)28(27-18)15-9-7-6-8-14(15)21(22,23)24/h6-11H,1-5H3,(H,25,31). The van der Waals surface area contributed by atoms with E-state index in [0.29, 0.717) is 11.5 Å². The lowest BCUT2D eigenvalue weighted by atomic mass is 10.1. The number of aromatic nitrogens is 4. The number of hydrogen-bond donors (Lipinski definition) is 1. The Kier molecular flexibility index (Phi) is 5.51. The Morgan fingerprint density at radius 1 is 1.03 bits per heavy atom. The summed E-state index contributed by atoms with van der Waals surface area (Å²) < 4.78 is 42.9. The van der Waals surface area contributed by atoms with Gasteiger partial charge in [0.05, 0.1) is 22.5 Å². The van der Waals surface area contributed by atoms with Crippen molar-refractivity contribution in [1.29, 1.82) is 0 Å². The van der Waals surface area contributed by atoms with E-state index in [2.05, 4.69) is 15.5 Å². The Hall–Kier alpha value is -3.43. The fourth-order valence-electron chi connectivity index (χ4n) is 3.12. The number of anilines is 1. The van der Waals surface area contributed by atoms with Crippen molar-refractivity contribution in [3.8, 4) is 5.69 Å². The third-order valence-electron chi connectivity index (χ3n) is 4.47. The van der Waals surface area contributed by atoms with Crippen LogP contribution in [-0.4, -0.2) is 25.5 Å². The Balaban J connectivity index is 2.08. The quantitative estimate of drug-likeness (QED) is 0.675. The van der Waals surface area contributed by atoms with Crippen LogP contribution in [0.15, 0.2) is 41.2 Å². The van der Waals surface area contributed by atoms with Crippen LogP contribution in [0.5, 0.6) is 0 Å². The molecule has 31 heavy (non-hydrogen) atoms. The van der Waals surface area contributed by atoms with Gasteiger partial charge in [0.1, 0.15) is 5.82 Å². The molecule has 164 valence electrons. The number of para-hydroxylation sites is 1. The molecule has 0 radical (unpaired) electrons. The average molecular weight is 433 g/mol. The molecule has 7 nitrogen and oxygen atoms in total. The molecule has 3 aromatic rings. The first kappa shape index (κ1) is 22.3. The lowest BCUT2D eigenvalue weighted by Gasteiger charge is -2.22. The maximum Gasteiger partial charge on any atom is 0.418 e. The lowest BCUT2D eigenvalue weighted by molar-refractivity contribution is -0.137. The molecule has 0 fully saturated rings. The molecule has 0 bridgehead atoms. The van der Waals surface area contributed by atoms with Gasteiger partial charge in [-0.1, -0.05) is 12.1 Å². The number of nitrogens with zero attached hydrogens (tertiary/aromatic N) is 4. The molecule has 0 saturated heterocycles. The number of hydrogen-bond acceptors (Lipinski definition) is 4. The van der Waals surface area contributed by atoms with Crippen LogP contribution in [0.1, 0.15) is 48.2 Å². The van der Waals surface area contributed by atoms with Gasteiger partial charge in [0.25, 0.3) is 5.91 Å². The van der Waals surface area contributed by atoms with Crippen molar-refractivity contribution in [2.45, 2.75) is 46.3 Å². The molecule has 1 amide bonds. The normalized spacial score (nSPS) is 12.1. The molecule has 0 unspecified atom stereocenters. The van der Waals surface area contributed by atoms with E-state index >= 15 is 0 Å². The first-order valence-electron chi connectivity index (χ1n) is 9.45. The molecule has 0 spiro atoms. The van der Waals surface area contributed by atoms with E-state index in [9.17, 15) is 22.8 Å². The molecule has 0 atom stereocenters. The fourth-order valence-corrected chi connectivity index (χ4v) is 3.12. The maximum absolute atomic E-state index is 13.5. The first-order chi connectivity index (χ1) is 14.3. The van der Waals surface area contributed by atoms with Crippen LogP contribution in [0.3, 0.4) is 0 Å². The Morgan fingerprint density at radius 3 is 2.29 bits per heavy atom. The Bertz CT molecular complexity index is 1200. The minimum Gasteiger partial charge on any atom is -0.305 e. The van der Waals surface area contributed by atoms with Crippen LogP contribution in [-0.2, 0) is 11.7 Å². The molecule has 10 heteroatoms. The maximum atomic E-state index is 13.5. The molecule has 3 rings (SSSR count). The molecule has 2 heterocycles. The minimum absolute atomic E-state index is 0.161. The number of aryl methyl sites for hydroxylation is 2. The van der Waals surface area contributed by atoms with Crippen LogP contribution < -0.4 is 10.7 Å². The van der Waals surface area contributed by atoms with Crippen molar-refractivity contribution in [1.82, 2.24) is 19.6 Å². The van der Waals surface area contributed by atoms with Gasteiger partial charge in [0, 0.05) is 17.8 Å². The number of alkyl halides is 3. The Labute approximate surface area is 176 Å². The van der Waals surface area contributed by atoms with Crippen molar-refractivity contribution >= 4 is 11.7 Å². The van der Waals surface area contributed by atoms with Crippen LogP contribution in [0.2, 0.25) is 0 Å². The Morgan fingerprint density at radius 2 is 1.68 bits per heavy atom. The highest BCUT2D eigenvalue weighted by atomic mass is 19.4. The second-order valence-corrected chi connectivity index (χ2v) is 8.13. The zero-order valence-electron chi connectivity index (χ0n) is 17.7. The minimum atomic E-state index is -4.63. The summed E-state index contributed by atoms with van der Waals surface area (Å²) in [4.78, 5) is 25.3. The van der Waals surface area contributed by atoms with E-state index in [1.807, 2.05) is 20.8 Å². The van der Waals surface area contributed by atoms with Gasteiger partial charge in [-0.05, 0) is 46.8 Å². The number of amides is 1. The van der Waals surface area contributed by atoms with E-state index in [-0.39, 0.29) is 11.4 Å². The molecule has 1 N–H and O–H groups in total. The number of carbonyl (C=O) groups excluding carboxylic acids is 1. The van der Waals surface area contributed by atoms with Crippen LogP contribution in [0.25, 0.3) is 5.69 Å². The summed E-state index contributed by atoms with van der Waals surface area (Å²) in [5.74, 6) is -0.493. The van der Waals surface area contributed by atoms with Crippen molar-refractivity contribution in [2.75, 3.05) is 5.32 Å². The van der Waals surface area contributed by atoms with Gasteiger partial charge >= 0.3 is 6.18 Å². The fraction of sp³-hybridized carbons (Fsp3) is 0.333. The van der Waals surface area contributed by atoms with Gasteiger partial charge in [0.2, 0.25) is 5.43 Å². The van der Waals surface area contributed by atoms with E-state index < -0.39 is 34.3 Å². The summed E-state index contributed by atoms with van der Waals surface area (Å²) in [7, 11) is 0. The number of benzene rings is 1. The monoisotopic (exact) mass is 433 g/mol. The predicted molar refractivity (Wildman–Crippen MR) is 109 cm³/mol.